The van der Waals surface area contributed by atoms with Crippen LogP contribution < -0.4 is 0 Å². The number of rotatable bonds is 4. The Kier molecular flexibility index (Phi) is 5.69. The minimum Gasteiger partial charge on any atom is -0.340 e. The van der Waals surface area contributed by atoms with Gasteiger partial charge in [-0.05, 0) is 70.9 Å². The molecule has 1 atom stereocenters. The lowest BCUT2D eigenvalue weighted by molar-refractivity contribution is -0.137. The summed E-state index contributed by atoms with van der Waals surface area (Å²) in [5, 5.41) is 0. The van der Waals surface area contributed by atoms with E-state index in [0.717, 1.165) is 48.4 Å². The Morgan fingerprint density at radius 3 is 2.79 bits per heavy atom. The number of nitrogens with one attached hydrogen (secondary N) is 1. The van der Waals surface area contributed by atoms with E-state index in [1.807, 2.05) is 24.1 Å². The number of para-hydroxylation sites is 1. The second-order valence-electron chi connectivity index (χ2n) is 8.72. The van der Waals surface area contributed by atoms with Crippen LogP contribution in [0.4, 0.5) is 0 Å². The van der Waals surface area contributed by atoms with Crippen molar-refractivity contribution in [2.45, 2.75) is 45.2 Å². The molecule has 1 amide bonds. The molecule has 1 aromatic carbocycles. The van der Waals surface area contributed by atoms with Crippen LogP contribution in [0.25, 0.3) is 11.0 Å². The van der Waals surface area contributed by atoms with Crippen molar-refractivity contribution in [2.75, 3.05) is 40.3 Å². The fourth-order valence-corrected chi connectivity index (χ4v) is 4.82. The average Bonchev–Trinajstić information content (AvgIpc) is 3.12. The van der Waals surface area contributed by atoms with Crippen LogP contribution in [0.5, 0.6) is 0 Å². The number of aromatic nitrogens is 2. The van der Waals surface area contributed by atoms with Crippen LogP contribution in [0.1, 0.15) is 37.1 Å². The number of aromatic amines is 1. The summed E-state index contributed by atoms with van der Waals surface area (Å²) in [7, 11) is 4.12. The molecule has 152 valence electrons. The molecule has 1 N–H and O–H groups in total. The highest BCUT2D eigenvalue weighted by atomic mass is 16.2. The molecule has 2 fully saturated rings. The SMILES string of the molecule is Cc1cccc2[nH]c(CN(C)C(=O)C3CCCN(C4CCN(C)CC4)C3)nc12. The third kappa shape index (κ3) is 4.08. The topological polar surface area (TPSA) is 55.5 Å². The Bertz CT molecular complexity index is 823. The van der Waals surface area contributed by atoms with Gasteiger partial charge in [-0.2, -0.15) is 0 Å². The van der Waals surface area contributed by atoms with E-state index >= 15 is 0 Å². The van der Waals surface area contributed by atoms with E-state index in [0.29, 0.717) is 12.6 Å². The van der Waals surface area contributed by atoms with Gasteiger partial charge in [0.15, 0.2) is 0 Å². The van der Waals surface area contributed by atoms with Crippen molar-refractivity contribution in [3.05, 3.63) is 29.6 Å². The van der Waals surface area contributed by atoms with Gasteiger partial charge < -0.3 is 14.8 Å². The third-order valence-corrected chi connectivity index (χ3v) is 6.53. The molecule has 1 aromatic heterocycles. The van der Waals surface area contributed by atoms with Crippen LogP contribution in [0.3, 0.4) is 0 Å². The molecule has 6 nitrogen and oxygen atoms in total. The van der Waals surface area contributed by atoms with Gasteiger partial charge >= 0.3 is 0 Å². The van der Waals surface area contributed by atoms with Gasteiger partial charge in [0.25, 0.3) is 0 Å². The summed E-state index contributed by atoms with van der Waals surface area (Å²) in [4.78, 5) is 28.0. The summed E-state index contributed by atoms with van der Waals surface area (Å²) in [5.74, 6) is 1.24. The highest BCUT2D eigenvalue weighted by Crippen LogP contribution is 2.25. The molecule has 0 spiro atoms. The Balaban J connectivity index is 1.38. The van der Waals surface area contributed by atoms with Crippen LogP contribution in [0.15, 0.2) is 18.2 Å². The molecular formula is C22H33N5O. The summed E-state index contributed by atoms with van der Waals surface area (Å²) in [6.07, 6.45) is 4.59. The van der Waals surface area contributed by atoms with E-state index in [2.05, 4.69) is 34.8 Å². The molecule has 2 aromatic rings. The van der Waals surface area contributed by atoms with Crippen LogP contribution in [0.2, 0.25) is 0 Å². The van der Waals surface area contributed by atoms with Crippen molar-refractivity contribution in [3.8, 4) is 0 Å². The number of carbonyl (C=O) groups excluding carboxylic acids is 1. The second-order valence-corrected chi connectivity index (χ2v) is 8.72. The maximum absolute atomic E-state index is 13.1. The van der Waals surface area contributed by atoms with Gasteiger partial charge in [0, 0.05) is 19.6 Å². The molecule has 28 heavy (non-hydrogen) atoms. The lowest BCUT2D eigenvalue weighted by Crippen LogP contribution is -2.50. The lowest BCUT2D eigenvalue weighted by atomic mass is 9.93. The zero-order valence-electron chi connectivity index (χ0n) is 17.4. The minimum atomic E-state index is 0.115. The summed E-state index contributed by atoms with van der Waals surface area (Å²) in [6, 6.07) is 6.80. The lowest BCUT2D eigenvalue weighted by Gasteiger charge is -2.41. The molecule has 4 rings (SSSR count). The monoisotopic (exact) mass is 383 g/mol. The predicted molar refractivity (Wildman–Crippen MR) is 112 cm³/mol. The van der Waals surface area contributed by atoms with Crippen LogP contribution in [-0.2, 0) is 11.3 Å². The number of piperidine rings is 2. The van der Waals surface area contributed by atoms with Gasteiger partial charge in [-0.1, -0.05) is 12.1 Å². The fraction of sp³-hybridized carbons (Fsp3) is 0.636. The smallest absolute Gasteiger partial charge is 0.227 e. The first-order valence-electron chi connectivity index (χ1n) is 10.6. The number of fused-ring (bicyclic) bond motifs is 1. The first-order chi connectivity index (χ1) is 13.5. The minimum absolute atomic E-state index is 0.115. The van der Waals surface area contributed by atoms with E-state index in [9.17, 15) is 4.79 Å². The number of nitrogens with zero attached hydrogens (tertiary/aromatic N) is 4. The summed E-state index contributed by atoms with van der Waals surface area (Å²) < 4.78 is 0. The summed E-state index contributed by atoms with van der Waals surface area (Å²) >= 11 is 0. The molecule has 1 unspecified atom stereocenters. The van der Waals surface area contributed by atoms with Gasteiger partial charge in [-0.15, -0.1) is 0 Å². The van der Waals surface area contributed by atoms with Crippen LogP contribution in [-0.4, -0.2) is 76.9 Å². The molecule has 0 saturated carbocycles. The zero-order chi connectivity index (χ0) is 19.7. The number of benzene rings is 1. The van der Waals surface area contributed by atoms with E-state index in [-0.39, 0.29) is 11.8 Å². The van der Waals surface area contributed by atoms with Crippen molar-refractivity contribution < 1.29 is 4.79 Å². The van der Waals surface area contributed by atoms with Crippen LogP contribution in [0, 0.1) is 12.8 Å². The molecule has 6 heteroatoms. The normalized spacial score (nSPS) is 22.6. The number of likely N-dealkylation sites (tertiary alicyclic amines) is 2. The molecular weight excluding hydrogens is 350 g/mol. The Labute approximate surface area is 167 Å². The van der Waals surface area contributed by atoms with Crippen molar-refractivity contribution in [1.82, 2.24) is 24.7 Å². The predicted octanol–water partition coefficient (Wildman–Crippen LogP) is 2.64. The third-order valence-electron chi connectivity index (χ3n) is 6.53. The highest BCUT2D eigenvalue weighted by molar-refractivity contribution is 5.80. The molecule has 0 aliphatic carbocycles. The number of aryl methyl sites for hydroxylation is 1. The maximum atomic E-state index is 13.1. The summed E-state index contributed by atoms with van der Waals surface area (Å²) in [5.41, 5.74) is 3.21. The largest absolute Gasteiger partial charge is 0.340 e. The number of hydrogen-bond donors (Lipinski definition) is 1. The van der Waals surface area contributed by atoms with Crippen molar-refractivity contribution in [3.63, 3.8) is 0 Å². The van der Waals surface area contributed by atoms with Gasteiger partial charge in [-0.3, -0.25) is 9.69 Å². The van der Waals surface area contributed by atoms with Crippen molar-refractivity contribution in [2.24, 2.45) is 5.92 Å². The van der Waals surface area contributed by atoms with Gasteiger partial charge in [0.2, 0.25) is 5.91 Å². The Hall–Kier alpha value is -1.92. The highest BCUT2D eigenvalue weighted by Gasteiger charge is 2.32. The summed E-state index contributed by atoms with van der Waals surface area (Å²) in [6.45, 7) is 7.01. The number of amides is 1. The van der Waals surface area contributed by atoms with E-state index in [4.69, 9.17) is 4.98 Å². The van der Waals surface area contributed by atoms with Crippen molar-refractivity contribution in [1.29, 1.82) is 0 Å². The van der Waals surface area contributed by atoms with E-state index in [1.165, 1.54) is 25.9 Å². The van der Waals surface area contributed by atoms with Crippen LogP contribution >= 0.6 is 0 Å². The Morgan fingerprint density at radius 1 is 1.25 bits per heavy atom. The number of imidazole rings is 1. The van der Waals surface area contributed by atoms with Crippen molar-refractivity contribution >= 4 is 16.9 Å². The molecule has 2 saturated heterocycles. The first kappa shape index (κ1) is 19.4. The Morgan fingerprint density at radius 2 is 2.04 bits per heavy atom. The number of H-pyrrole nitrogens is 1. The molecule has 2 aliphatic rings. The van der Waals surface area contributed by atoms with Gasteiger partial charge in [-0.25, -0.2) is 4.98 Å². The van der Waals surface area contributed by atoms with Gasteiger partial charge in [0.05, 0.1) is 23.5 Å². The standard InChI is InChI=1S/C22H33N5O/c1-16-6-4-8-19-21(16)24-20(23-19)15-26(3)22(28)17-7-5-11-27(14-17)18-9-12-25(2)13-10-18/h4,6,8,17-18H,5,7,9-15H2,1-3H3,(H,23,24). The molecule has 0 bridgehead atoms. The van der Waals surface area contributed by atoms with E-state index in [1.54, 1.807) is 0 Å². The molecule has 3 heterocycles. The fourth-order valence-electron chi connectivity index (χ4n) is 4.82. The number of carbonyl (C=O) groups is 1. The quantitative estimate of drug-likeness (QED) is 0.882. The average molecular weight is 384 g/mol. The first-order valence-corrected chi connectivity index (χ1v) is 10.6. The molecule has 2 aliphatic heterocycles. The second kappa shape index (κ2) is 8.21. The maximum Gasteiger partial charge on any atom is 0.227 e. The van der Waals surface area contributed by atoms with Gasteiger partial charge in [0.1, 0.15) is 5.82 Å². The number of hydrogen-bond acceptors (Lipinski definition) is 4. The molecule has 0 radical (unpaired) electrons. The van der Waals surface area contributed by atoms with E-state index < -0.39 is 0 Å². The zero-order valence-corrected chi connectivity index (χ0v) is 17.4.